The fourth-order valence-corrected chi connectivity index (χ4v) is 2.33. The molecule has 0 atom stereocenters. The zero-order valence-corrected chi connectivity index (χ0v) is 10.0. The standard InChI is InChI=1S/C15H11FO3/c16-13-10(4-2-6-12(13)15(17)18)11-5-1-3-9-7-8-19-14(9)11/h1-6H,7-8H2,(H,17,18). The van der Waals surface area contributed by atoms with Crippen LogP contribution in [0.4, 0.5) is 4.39 Å². The monoisotopic (exact) mass is 258 g/mol. The van der Waals surface area contributed by atoms with E-state index in [1.165, 1.54) is 12.1 Å². The molecule has 2 aromatic carbocycles. The summed E-state index contributed by atoms with van der Waals surface area (Å²) in [6, 6.07) is 9.87. The molecule has 0 aliphatic carbocycles. The molecular formula is C15H11FO3. The largest absolute Gasteiger partial charge is 0.492 e. The predicted molar refractivity (Wildman–Crippen MR) is 68.0 cm³/mol. The number of fused-ring (bicyclic) bond motifs is 1. The van der Waals surface area contributed by atoms with Crippen molar-refractivity contribution in [2.45, 2.75) is 6.42 Å². The van der Waals surface area contributed by atoms with Gasteiger partial charge in [0.05, 0.1) is 12.2 Å². The topological polar surface area (TPSA) is 46.5 Å². The van der Waals surface area contributed by atoms with Gasteiger partial charge in [-0.1, -0.05) is 30.3 Å². The van der Waals surface area contributed by atoms with E-state index >= 15 is 0 Å². The van der Waals surface area contributed by atoms with E-state index in [2.05, 4.69) is 0 Å². The summed E-state index contributed by atoms with van der Waals surface area (Å²) < 4.78 is 19.8. The van der Waals surface area contributed by atoms with Crippen molar-refractivity contribution in [2.24, 2.45) is 0 Å². The number of carboxylic acids is 1. The van der Waals surface area contributed by atoms with Crippen molar-refractivity contribution in [3.05, 3.63) is 53.3 Å². The van der Waals surface area contributed by atoms with Crippen LogP contribution in [0, 0.1) is 5.82 Å². The maximum atomic E-state index is 14.2. The lowest BCUT2D eigenvalue weighted by Gasteiger charge is -2.10. The Morgan fingerprint density at radius 1 is 1.16 bits per heavy atom. The highest BCUT2D eigenvalue weighted by molar-refractivity contribution is 5.90. The average molecular weight is 258 g/mol. The molecule has 3 rings (SSSR count). The van der Waals surface area contributed by atoms with Crippen molar-refractivity contribution in [2.75, 3.05) is 6.61 Å². The van der Waals surface area contributed by atoms with Crippen LogP contribution in [0.25, 0.3) is 11.1 Å². The lowest BCUT2D eigenvalue weighted by Crippen LogP contribution is -2.02. The highest BCUT2D eigenvalue weighted by atomic mass is 19.1. The fourth-order valence-electron chi connectivity index (χ4n) is 2.33. The number of benzene rings is 2. The van der Waals surface area contributed by atoms with Gasteiger partial charge >= 0.3 is 5.97 Å². The van der Waals surface area contributed by atoms with E-state index in [4.69, 9.17) is 9.84 Å². The molecule has 1 aliphatic rings. The van der Waals surface area contributed by atoms with Crippen molar-refractivity contribution >= 4 is 5.97 Å². The highest BCUT2D eigenvalue weighted by Crippen LogP contribution is 2.38. The summed E-state index contributed by atoms with van der Waals surface area (Å²) in [7, 11) is 0. The fraction of sp³-hybridized carbons (Fsp3) is 0.133. The molecule has 1 N–H and O–H groups in total. The predicted octanol–water partition coefficient (Wildman–Crippen LogP) is 3.13. The third-order valence-corrected chi connectivity index (χ3v) is 3.23. The summed E-state index contributed by atoms with van der Waals surface area (Å²) in [5.41, 5.74) is 1.57. The molecule has 0 saturated heterocycles. The Morgan fingerprint density at radius 3 is 2.68 bits per heavy atom. The van der Waals surface area contributed by atoms with Gasteiger partial charge in [0.25, 0.3) is 0 Å². The van der Waals surface area contributed by atoms with Gasteiger partial charge in [-0.2, -0.15) is 0 Å². The number of ether oxygens (including phenoxy) is 1. The van der Waals surface area contributed by atoms with E-state index in [0.717, 1.165) is 12.0 Å². The van der Waals surface area contributed by atoms with Gasteiger partial charge in [0.1, 0.15) is 11.6 Å². The van der Waals surface area contributed by atoms with Crippen molar-refractivity contribution in [3.8, 4) is 16.9 Å². The van der Waals surface area contributed by atoms with Gasteiger partial charge in [0, 0.05) is 17.5 Å². The number of carboxylic acid groups (broad SMARTS) is 1. The first kappa shape index (κ1) is 11.7. The second-order valence-corrected chi connectivity index (χ2v) is 4.36. The zero-order chi connectivity index (χ0) is 13.4. The van der Waals surface area contributed by atoms with E-state index in [0.29, 0.717) is 17.9 Å². The van der Waals surface area contributed by atoms with Gasteiger partial charge in [0.2, 0.25) is 0 Å². The van der Waals surface area contributed by atoms with Gasteiger partial charge in [0.15, 0.2) is 0 Å². The van der Waals surface area contributed by atoms with Crippen LogP contribution < -0.4 is 4.74 Å². The van der Waals surface area contributed by atoms with Crippen molar-refractivity contribution in [3.63, 3.8) is 0 Å². The lowest BCUT2D eigenvalue weighted by molar-refractivity contribution is 0.0692. The molecule has 96 valence electrons. The van der Waals surface area contributed by atoms with Crippen LogP contribution in [0.5, 0.6) is 5.75 Å². The molecule has 0 amide bonds. The van der Waals surface area contributed by atoms with Gasteiger partial charge in [-0.15, -0.1) is 0 Å². The SMILES string of the molecule is O=C(O)c1cccc(-c2cccc3c2OCC3)c1F. The van der Waals surface area contributed by atoms with E-state index in [1.807, 2.05) is 12.1 Å². The number of para-hydroxylation sites is 1. The highest BCUT2D eigenvalue weighted by Gasteiger charge is 2.21. The Morgan fingerprint density at radius 2 is 1.89 bits per heavy atom. The molecule has 3 nitrogen and oxygen atoms in total. The second kappa shape index (κ2) is 4.39. The Hall–Kier alpha value is -2.36. The summed E-state index contributed by atoms with van der Waals surface area (Å²) in [6.45, 7) is 0.576. The summed E-state index contributed by atoms with van der Waals surface area (Å²) in [4.78, 5) is 11.0. The maximum absolute atomic E-state index is 14.2. The quantitative estimate of drug-likeness (QED) is 0.900. The number of rotatable bonds is 2. The first-order chi connectivity index (χ1) is 9.18. The Balaban J connectivity index is 2.21. The minimum atomic E-state index is -1.27. The van der Waals surface area contributed by atoms with E-state index in [1.54, 1.807) is 12.1 Å². The summed E-state index contributed by atoms with van der Waals surface area (Å²) in [5.74, 6) is -1.34. The third kappa shape index (κ3) is 1.85. The number of carbonyl (C=O) groups is 1. The maximum Gasteiger partial charge on any atom is 0.338 e. The molecule has 1 aliphatic heterocycles. The molecule has 0 fully saturated rings. The molecule has 4 heteroatoms. The van der Waals surface area contributed by atoms with Crippen molar-refractivity contribution in [1.29, 1.82) is 0 Å². The van der Waals surface area contributed by atoms with Crippen molar-refractivity contribution < 1.29 is 19.0 Å². The van der Waals surface area contributed by atoms with E-state index in [-0.39, 0.29) is 11.1 Å². The number of aromatic carboxylic acids is 1. The van der Waals surface area contributed by atoms with E-state index in [9.17, 15) is 9.18 Å². The van der Waals surface area contributed by atoms with Crippen LogP contribution >= 0.6 is 0 Å². The van der Waals surface area contributed by atoms with Crippen LogP contribution in [-0.4, -0.2) is 17.7 Å². The Labute approximate surface area is 109 Å². The Bertz CT molecular complexity index is 664. The van der Waals surface area contributed by atoms with Crippen LogP contribution in [0.15, 0.2) is 36.4 Å². The molecule has 0 spiro atoms. The number of hydrogen-bond acceptors (Lipinski definition) is 2. The zero-order valence-electron chi connectivity index (χ0n) is 10.0. The smallest absolute Gasteiger partial charge is 0.338 e. The summed E-state index contributed by atoms with van der Waals surface area (Å²) in [6.07, 6.45) is 0.795. The van der Waals surface area contributed by atoms with Gasteiger partial charge < -0.3 is 9.84 Å². The van der Waals surface area contributed by atoms with Gasteiger partial charge in [-0.3, -0.25) is 0 Å². The minimum absolute atomic E-state index is 0.263. The molecule has 0 radical (unpaired) electrons. The van der Waals surface area contributed by atoms with Gasteiger partial charge in [-0.05, 0) is 11.6 Å². The van der Waals surface area contributed by atoms with E-state index < -0.39 is 11.8 Å². The first-order valence-corrected chi connectivity index (χ1v) is 5.95. The lowest BCUT2D eigenvalue weighted by atomic mass is 9.99. The molecule has 0 saturated carbocycles. The first-order valence-electron chi connectivity index (χ1n) is 5.95. The second-order valence-electron chi connectivity index (χ2n) is 4.36. The average Bonchev–Trinajstić information content (AvgIpc) is 2.87. The molecule has 0 bridgehead atoms. The Kier molecular flexibility index (Phi) is 2.71. The molecule has 19 heavy (non-hydrogen) atoms. The molecular weight excluding hydrogens is 247 g/mol. The normalized spacial score (nSPS) is 12.9. The molecule has 1 heterocycles. The van der Waals surface area contributed by atoms with Crippen LogP contribution in [0.1, 0.15) is 15.9 Å². The third-order valence-electron chi connectivity index (χ3n) is 3.23. The number of halogens is 1. The summed E-state index contributed by atoms with van der Waals surface area (Å²) >= 11 is 0. The van der Waals surface area contributed by atoms with Crippen LogP contribution in [-0.2, 0) is 6.42 Å². The molecule has 0 unspecified atom stereocenters. The van der Waals surface area contributed by atoms with Gasteiger partial charge in [-0.25, -0.2) is 9.18 Å². The van der Waals surface area contributed by atoms with Crippen molar-refractivity contribution in [1.82, 2.24) is 0 Å². The molecule has 0 aromatic heterocycles. The van der Waals surface area contributed by atoms with Crippen LogP contribution in [0.3, 0.4) is 0 Å². The summed E-state index contributed by atoms with van der Waals surface area (Å²) in [5, 5.41) is 8.96. The minimum Gasteiger partial charge on any atom is -0.492 e. The molecule has 2 aromatic rings. The number of hydrogen-bond donors (Lipinski definition) is 1. The van der Waals surface area contributed by atoms with Crippen LogP contribution in [0.2, 0.25) is 0 Å².